The smallest absolute Gasteiger partial charge is 0.267 e. The molecule has 4 rings (SSSR count). The molecule has 1 spiro atoms. The Labute approximate surface area is 152 Å². The number of hydrogen-bond donors (Lipinski definition) is 0. The monoisotopic (exact) mass is 342 g/mol. The summed E-state index contributed by atoms with van der Waals surface area (Å²) in [6, 6.07) is 17.2. The molecule has 1 atom stereocenters. The standard InChI is InChI=1S/C22H18N2O2/c1-15-8-10-18(11-9-15)24-21(26)22(16(2)23-24)13-12-19(25)14-20(22)17-6-4-3-5-7-17/h3-14H,1-2H3. The second-order valence-electron chi connectivity index (χ2n) is 6.61. The van der Waals surface area contributed by atoms with Gasteiger partial charge >= 0.3 is 0 Å². The summed E-state index contributed by atoms with van der Waals surface area (Å²) in [6.07, 6.45) is 4.69. The van der Waals surface area contributed by atoms with E-state index in [-0.39, 0.29) is 11.7 Å². The lowest BCUT2D eigenvalue weighted by Crippen LogP contribution is -2.40. The van der Waals surface area contributed by atoms with Crippen molar-refractivity contribution in [2.24, 2.45) is 10.5 Å². The Morgan fingerprint density at radius 2 is 1.62 bits per heavy atom. The molecule has 0 N–H and O–H groups in total. The number of aryl methyl sites for hydroxylation is 1. The molecule has 0 bridgehead atoms. The van der Waals surface area contributed by atoms with Gasteiger partial charge in [0, 0.05) is 0 Å². The van der Waals surface area contributed by atoms with Crippen molar-refractivity contribution in [3.05, 3.63) is 84.0 Å². The van der Waals surface area contributed by atoms with Gasteiger partial charge in [-0.1, -0.05) is 54.1 Å². The topological polar surface area (TPSA) is 49.7 Å². The van der Waals surface area contributed by atoms with Crippen molar-refractivity contribution in [2.45, 2.75) is 13.8 Å². The minimum atomic E-state index is -1.04. The zero-order chi connectivity index (χ0) is 18.3. The maximum atomic E-state index is 13.5. The van der Waals surface area contributed by atoms with Gasteiger partial charge in [-0.3, -0.25) is 9.59 Å². The zero-order valence-corrected chi connectivity index (χ0v) is 14.6. The van der Waals surface area contributed by atoms with E-state index in [1.54, 1.807) is 12.2 Å². The molecule has 2 aromatic rings. The van der Waals surface area contributed by atoms with E-state index < -0.39 is 5.41 Å². The lowest BCUT2D eigenvalue weighted by atomic mass is 9.70. The van der Waals surface area contributed by atoms with Gasteiger partial charge in [-0.05, 0) is 49.3 Å². The van der Waals surface area contributed by atoms with E-state index in [4.69, 9.17) is 0 Å². The number of rotatable bonds is 2. The molecular formula is C22H18N2O2. The van der Waals surface area contributed by atoms with Crippen molar-refractivity contribution in [1.82, 2.24) is 0 Å². The minimum absolute atomic E-state index is 0.121. The van der Waals surface area contributed by atoms with Gasteiger partial charge in [-0.15, -0.1) is 0 Å². The molecule has 0 radical (unpaired) electrons. The fourth-order valence-corrected chi connectivity index (χ4v) is 3.49. The first-order chi connectivity index (χ1) is 12.5. The summed E-state index contributed by atoms with van der Waals surface area (Å²) in [5.41, 5.74) is 2.96. The first-order valence-corrected chi connectivity index (χ1v) is 8.50. The number of anilines is 1. The van der Waals surface area contributed by atoms with Crippen LogP contribution in [0, 0.1) is 12.3 Å². The molecule has 0 aromatic heterocycles. The molecule has 0 fully saturated rings. The third kappa shape index (κ3) is 2.34. The van der Waals surface area contributed by atoms with Crippen LogP contribution in [0.2, 0.25) is 0 Å². The van der Waals surface area contributed by atoms with Gasteiger partial charge in [0.1, 0.15) is 5.41 Å². The second-order valence-corrected chi connectivity index (χ2v) is 6.61. The number of carbonyl (C=O) groups is 2. The number of ketones is 1. The Hall–Kier alpha value is -3.27. The lowest BCUT2D eigenvalue weighted by Gasteiger charge is -2.30. The third-order valence-corrected chi connectivity index (χ3v) is 4.92. The number of allylic oxidation sites excluding steroid dienone is 2. The molecule has 1 unspecified atom stereocenters. The summed E-state index contributed by atoms with van der Waals surface area (Å²) in [7, 11) is 0. The van der Waals surface area contributed by atoms with Crippen LogP contribution in [0.15, 0.2) is 77.9 Å². The quantitative estimate of drug-likeness (QED) is 0.830. The summed E-state index contributed by atoms with van der Waals surface area (Å²) in [6.45, 7) is 3.83. The van der Waals surface area contributed by atoms with Crippen LogP contribution in [-0.2, 0) is 9.59 Å². The maximum Gasteiger partial charge on any atom is 0.267 e. The van der Waals surface area contributed by atoms with Gasteiger partial charge in [-0.2, -0.15) is 10.1 Å². The maximum absolute atomic E-state index is 13.5. The van der Waals surface area contributed by atoms with Crippen molar-refractivity contribution in [2.75, 3.05) is 5.01 Å². The Balaban J connectivity index is 1.84. The van der Waals surface area contributed by atoms with E-state index in [1.807, 2.05) is 68.4 Å². The molecular weight excluding hydrogens is 324 g/mol. The summed E-state index contributed by atoms with van der Waals surface area (Å²) < 4.78 is 0. The number of hydrogen-bond acceptors (Lipinski definition) is 3. The van der Waals surface area contributed by atoms with Crippen molar-refractivity contribution in [3.8, 4) is 0 Å². The molecule has 2 aromatic carbocycles. The number of benzene rings is 2. The highest BCUT2D eigenvalue weighted by molar-refractivity contribution is 6.30. The number of hydrazone groups is 1. The van der Waals surface area contributed by atoms with Crippen LogP contribution in [-0.4, -0.2) is 17.4 Å². The first-order valence-electron chi connectivity index (χ1n) is 8.50. The van der Waals surface area contributed by atoms with Gasteiger partial charge in [0.25, 0.3) is 5.91 Å². The molecule has 1 amide bonds. The van der Waals surface area contributed by atoms with E-state index in [0.717, 1.165) is 16.8 Å². The molecule has 1 aliphatic heterocycles. The van der Waals surface area contributed by atoms with E-state index >= 15 is 0 Å². The van der Waals surface area contributed by atoms with Crippen molar-refractivity contribution in [3.63, 3.8) is 0 Å². The lowest BCUT2D eigenvalue weighted by molar-refractivity contribution is -0.120. The minimum Gasteiger partial charge on any atom is -0.290 e. The summed E-state index contributed by atoms with van der Waals surface area (Å²) in [5, 5.41) is 5.98. The number of carbonyl (C=O) groups excluding carboxylic acids is 2. The number of amides is 1. The van der Waals surface area contributed by atoms with E-state index in [2.05, 4.69) is 5.10 Å². The van der Waals surface area contributed by atoms with Gasteiger partial charge in [0.15, 0.2) is 5.78 Å². The Kier molecular flexibility index (Phi) is 3.69. The summed E-state index contributed by atoms with van der Waals surface area (Å²) >= 11 is 0. The average Bonchev–Trinajstić information content (AvgIpc) is 2.90. The van der Waals surface area contributed by atoms with Crippen molar-refractivity contribution >= 4 is 28.7 Å². The Morgan fingerprint density at radius 3 is 2.31 bits per heavy atom. The number of nitrogens with zero attached hydrogens (tertiary/aromatic N) is 2. The molecule has 1 aliphatic carbocycles. The highest BCUT2D eigenvalue weighted by Crippen LogP contribution is 2.46. The molecule has 0 saturated heterocycles. The van der Waals surface area contributed by atoms with Gasteiger partial charge in [0.05, 0.1) is 11.4 Å². The average molecular weight is 342 g/mol. The van der Waals surface area contributed by atoms with Crippen LogP contribution in [0.4, 0.5) is 5.69 Å². The van der Waals surface area contributed by atoms with Gasteiger partial charge in [0.2, 0.25) is 0 Å². The molecule has 1 heterocycles. The molecule has 128 valence electrons. The Bertz CT molecular complexity index is 985. The molecule has 2 aliphatic rings. The van der Waals surface area contributed by atoms with Crippen molar-refractivity contribution in [1.29, 1.82) is 0 Å². The van der Waals surface area contributed by atoms with Crippen LogP contribution in [0.25, 0.3) is 5.57 Å². The van der Waals surface area contributed by atoms with Crippen LogP contribution >= 0.6 is 0 Å². The van der Waals surface area contributed by atoms with E-state index in [1.165, 1.54) is 11.1 Å². The normalized spacial score (nSPS) is 22.0. The van der Waals surface area contributed by atoms with E-state index in [0.29, 0.717) is 11.3 Å². The van der Waals surface area contributed by atoms with Gasteiger partial charge in [-0.25, -0.2) is 0 Å². The Morgan fingerprint density at radius 1 is 0.923 bits per heavy atom. The highest BCUT2D eigenvalue weighted by Gasteiger charge is 2.52. The second kappa shape index (κ2) is 5.92. The molecule has 26 heavy (non-hydrogen) atoms. The third-order valence-electron chi connectivity index (χ3n) is 4.92. The summed E-state index contributed by atoms with van der Waals surface area (Å²) in [5.74, 6) is -0.290. The zero-order valence-electron chi connectivity index (χ0n) is 14.6. The van der Waals surface area contributed by atoms with E-state index in [9.17, 15) is 9.59 Å². The fraction of sp³-hybridized carbons (Fsp3) is 0.136. The summed E-state index contributed by atoms with van der Waals surface area (Å²) in [4.78, 5) is 25.5. The van der Waals surface area contributed by atoms with Gasteiger partial charge < -0.3 is 0 Å². The van der Waals surface area contributed by atoms with Crippen LogP contribution in [0.3, 0.4) is 0 Å². The molecule has 4 heteroatoms. The first kappa shape index (κ1) is 16.2. The fourth-order valence-electron chi connectivity index (χ4n) is 3.49. The predicted molar refractivity (Wildman–Crippen MR) is 103 cm³/mol. The SMILES string of the molecule is CC1=NN(c2ccc(C)cc2)C(=O)C12C=CC(=O)C=C2c1ccccc1. The largest absolute Gasteiger partial charge is 0.290 e. The van der Waals surface area contributed by atoms with Crippen molar-refractivity contribution < 1.29 is 9.59 Å². The van der Waals surface area contributed by atoms with Crippen LogP contribution in [0.1, 0.15) is 18.1 Å². The molecule has 0 saturated carbocycles. The van der Waals surface area contributed by atoms with Crippen LogP contribution in [0.5, 0.6) is 0 Å². The van der Waals surface area contributed by atoms with Crippen LogP contribution < -0.4 is 5.01 Å². The predicted octanol–water partition coefficient (Wildman–Crippen LogP) is 3.93. The highest BCUT2D eigenvalue weighted by atomic mass is 16.2. The molecule has 4 nitrogen and oxygen atoms in total.